The van der Waals surface area contributed by atoms with Crippen LogP contribution in [-0.2, 0) is 9.59 Å². The number of hydrogen-bond donors (Lipinski definition) is 1. The third kappa shape index (κ3) is 6.42. The lowest BCUT2D eigenvalue weighted by Crippen LogP contribution is -2.43. The summed E-state index contributed by atoms with van der Waals surface area (Å²) < 4.78 is 14.2. The van der Waals surface area contributed by atoms with Crippen molar-refractivity contribution in [2.75, 3.05) is 23.7 Å². The van der Waals surface area contributed by atoms with Crippen molar-refractivity contribution in [3.05, 3.63) is 64.8 Å². The van der Waals surface area contributed by atoms with Gasteiger partial charge in [-0.05, 0) is 49.3 Å². The molecular formula is C26H29FN2O2S2. The number of anilines is 1. The summed E-state index contributed by atoms with van der Waals surface area (Å²) >= 11 is 3.33. The first-order chi connectivity index (χ1) is 16.1. The fourth-order valence-corrected chi connectivity index (χ4v) is 6.49. The summed E-state index contributed by atoms with van der Waals surface area (Å²) in [6, 6.07) is 13.9. The predicted octanol–water partition coefficient (Wildman–Crippen LogP) is 5.88. The highest BCUT2D eigenvalue weighted by Crippen LogP contribution is 2.42. The number of halogens is 1. The van der Waals surface area contributed by atoms with Crippen LogP contribution in [0.1, 0.15) is 44.1 Å². The third-order valence-electron chi connectivity index (χ3n) is 5.87. The van der Waals surface area contributed by atoms with Gasteiger partial charge < -0.3 is 5.32 Å². The summed E-state index contributed by atoms with van der Waals surface area (Å²) in [5.74, 6) is 0.193. The molecular weight excluding hydrogens is 455 g/mol. The predicted molar refractivity (Wildman–Crippen MR) is 136 cm³/mol. The standard InChI is InChI=1S/C26H29FN2O2S2/c27-21-12-5-4-9-19(21)17-24-26(31)29(22-13-6-7-14-23(22)33-24)18-25(30)28-15-8-16-32-20-10-2-1-3-11-20/h4-7,9,12-14,17,20H,1-3,8,10-11,15-16,18H2,(H,28,30). The molecule has 0 atom stereocenters. The Bertz CT molecular complexity index is 1020. The second-order valence-corrected chi connectivity index (χ2v) is 10.8. The molecule has 4 rings (SSSR count). The molecule has 4 nitrogen and oxygen atoms in total. The largest absolute Gasteiger partial charge is 0.355 e. The second kappa shape index (κ2) is 11.7. The highest BCUT2D eigenvalue weighted by atomic mass is 32.2. The molecule has 1 saturated carbocycles. The number of nitrogens with one attached hydrogen (secondary N) is 1. The van der Waals surface area contributed by atoms with Gasteiger partial charge in [0.1, 0.15) is 12.4 Å². The van der Waals surface area contributed by atoms with Crippen LogP contribution in [0.5, 0.6) is 0 Å². The first kappa shape index (κ1) is 23.9. The molecule has 0 aromatic heterocycles. The number of nitrogens with zero attached hydrogens (tertiary/aromatic N) is 1. The Morgan fingerprint density at radius 2 is 1.88 bits per heavy atom. The Kier molecular flexibility index (Phi) is 8.51. The van der Waals surface area contributed by atoms with E-state index in [1.54, 1.807) is 24.3 Å². The quantitative estimate of drug-likeness (QED) is 0.376. The number of fused-ring (bicyclic) bond motifs is 1. The minimum absolute atomic E-state index is 0.0548. The fourth-order valence-electron chi connectivity index (χ4n) is 4.13. The zero-order valence-electron chi connectivity index (χ0n) is 18.6. The van der Waals surface area contributed by atoms with Gasteiger partial charge in [-0.2, -0.15) is 11.8 Å². The molecule has 1 N–H and O–H groups in total. The van der Waals surface area contributed by atoms with E-state index in [1.807, 2.05) is 36.0 Å². The van der Waals surface area contributed by atoms with E-state index in [0.717, 1.165) is 22.3 Å². The number of amides is 2. The number of hydrogen-bond acceptors (Lipinski definition) is 4. The smallest absolute Gasteiger partial charge is 0.265 e. The van der Waals surface area contributed by atoms with Crippen LogP contribution in [0.2, 0.25) is 0 Å². The maximum absolute atomic E-state index is 14.2. The van der Waals surface area contributed by atoms with Gasteiger partial charge in [-0.1, -0.05) is 61.4 Å². The van der Waals surface area contributed by atoms with Gasteiger partial charge in [0, 0.05) is 22.3 Å². The maximum atomic E-state index is 14.2. The minimum Gasteiger partial charge on any atom is -0.355 e. The Balaban J connectivity index is 1.36. The van der Waals surface area contributed by atoms with Crippen molar-refractivity contribution in [2.24, 2.45) is 0 Å². The summed E-state index contributed by atoms with van der Waals surface area (Å²) in [5, 5.41) is 3.73. The lowest BCUT2D eigenvalue weighted by Gasteiger charge is -2.29. The number of carbonyl (C=O) groups excluding carboxylic acids is 2. The van der Waals surface area contributed by atoms with Crippen molar-refractivity contribution >= 4 is 47.1 Å². The summed E-state index contributed by atoms with van der Waals surface area (Å²) in [5.41, 5.74) is 1.06. The molecule has 1 fully saturated rings. The average molecular weight is 485 g/mol. The molecule has 1 heterocycles. The first-order valence-corrected chi connectivity index (χ1v) is 13.4. The summed E-state index contributed by atoms with van der Waals surface area (Å²) in [4.78, 5) is 28.6. The van der Waals surface area contributed by atoms with E-state index in [9.17, 15) is 14.0 Å². The second-order valence-electron chi connectivity index (χ2n) is 8.33. The SMILES string of the molecule is O=C(CN1C(=O)C(=Cc2ccccc2F)Sc2ccccc21)NCCCSC1CCCCC1. The van der Waals surface area contributed by atoms with Crippen molar-refractivity contribution in [1.82, 2.24) is 5.32 Å². The van der Waals surface area contributed by atoms with Crippen LogP contribution < -0.4 is 10.2 Å². The molecule has 0 spiro atoms. The topological polar surface area (TPSA) is 49.4 Å². The summed E-state index contributed by atoms with van der Waals surface area (Å²) in [7, 11) is 0. The van der Waals surface area contributed by atoms with E-state index in [0.29, 0.717) is 22.7 Å². The van der Waals surface area contributed by atoms with Crippen LogP contribution >= 0.6 is 23.5 Å². The Hall–Kier alpha value is -2.25. The van der Waals surface area contributed by atoms with E-state index < -0.39 is 0 Å². The van der Waals surface area contributed by atoms with Crippen LogP contribution in [0.3, 0.4) is 0 Å². The zero-order valence-corrected chi connectivity index (χ0v) is 20.2. The van der Waals surface area contributed by atoms with Gasteiger partial charge in [-0.15, -0.1) is 0 Å². The molecule has 0 saturated heterocycles. The molecule has 7 heteroatoms. The van der Waals surface area contributed by atoms with Gasteiger partial charge in [0.25, 0.3) is 5.91 Å². The van der Waals surface area contributed by atoms with Crippen molar-refractivity contribution in [3.63, 3.8) is 0 Å². The molecule has 0 unspecified atom stereocenters. The van der Waals surface area contributed by atoms with Gasteiger partial charge in [0.05, 0.1) is 10.6 Å². The molecule has 2 aromatic rings. The highest BCUT2D eigenvalue weighted by Gasteiger charge is 2.30. The lowest BCUT2D eigenvalue weighted by molar-refractivity contribution is -0.122. The number of rotatable bonds is 8. The van der Waals surface area contributed by atoms with Gasteiger partial charge in [0.2, 0.25) is 5.91 Å². The molecule has 2 aromatic carbocycles. The molecule has 33 heavy (non-hydrogen) atoms. The third-order valence-corrected chi connectivity index (χ3v) is 8.42. The molecule has 0 radical (unpaired) electrons. The average Bonchev–Trinajstić information content (AvgIpc) is 2.83. The van der Waals surface area contributed by atoms with E-state index in [2.05, 4.69) is 5.32 Å². The summed E-state index contributed by atoms with van der Waals surface area (Å²) in [6.45, 7) is 0.551. The zero-order chi connectivity index (χ0) is 23.0. The van der Waals surface area contributed by atoms with Crippen molar-refractivity contribution in [1.29, 1.82) is 0 Å². The van der Waals surface area contributed by atoms with Gasteiger partial charge >= 0.3 is 0 Å². The van der Waals surface area contributed by atoms with Crippen LogP contribution in [0.15, 0.2) is 58.3 Å². The number of thioether (sulfide) groups is 2. The monoisotopic (exact) mass is 484 g/mol. The first-order valence-electron chi connectivity index (χ1n) is 11.5. The normalized spacial score (nSPS) is 17.8. The van der Waals surface area contributed by atoms with Gasteiger partial charge in [0.15, 0.2) is 0 Å². The molecule has 0 bridgehead atoms. The van der Waals surface area contributed by atoms with Crippen LogP contribution in [0.25, 0.3) is 6.08 Å². The van der Waals surface area contributed by atoms with Crippen molar-refractivity contribution in [3.8, 4) is 0 Å². The Morgan fingerprint density at radius 1 is 1.12 bits per heavy atom. The molecule has 174 valence electrons. The van der Waals surface area contributed by atoms with E-state index in [4.69, 9.17) is 0 Å². The van der Waals surface area contributed by atoms with Gasteiger partial charge in [-0.3, -0.25) is 14.5 Å². The Labute approximate surface area is 203 Å². The molecule has 2 aliphatic rings. The van der Waals surface area contributed by atoms with Gasteiger partial charge in [-0.25, -0.2) is 4.39 Å². The molecule has 2 amide bonds. The van der Waals surface area contributed by atoms with E-state index >= 15 is 0 Å². The lowest BCUT2D eigenvalue weighted by atomic mass is 10.0. The van der Waals surface area contributed by atoms with Crippen molar-refractivity contribution < 1.29 is 14.0 Å². The van der Waals surface area contributed by atoms with E-state index in [-0.39, 0.29) is 24.2 Å². The van der Waals surface area contributed by atoms with Crippen molar-refractivity contribution in [2.45, 2.75) is 48.7 Å². The van der Waals surface area contributed by atoms with E-state index in [1.165, 1.54) is 54.8 Å². The molecule has 1 aliphatic carbocycles. The Morgan fingerprint density at radius 3 is 2.70 bits per heavy atom. The fraction of sp³-hybridized carbons (Fsp3) is 0.385. The highest BCUT2D eigenvalue weighted by molar-refractivity contribution is 8.04. The van der Waals surface area contributed by atoms with Crippen LogP contribution in [0, 0.1) is 5.82 Å². The van der Waals surface area contributed by atoms with Crippen LogP contribution in [-0.4, -0.2) is 35.9 Å². The number of para-hydroxylation sites is 1. The minimum atomic E-state index is -0.382. The molecule has 1 aliphatic heterocycles. The number of carbonyl (C=O) groups is 2. The summed E-state index contributed by atoms with van der Waals surface area (Å²) in [6.07, 6.45) is 9.15. The number of benzene rings is 2. The van der Waals surface area contributed by atoms with Crippen LogP contribution in [0.4, 0.5) is 10.1 Å². The maximum Gasteiger partial charge on any atom is 0.265 e.